The highest BCUT2D eigenvalue weighted by Gasteiger charge is 2.14. The zero-order valence-corrected chi connectivity index (χ0v) is 10.3. The van der Waals surface area contributed by atoms with E-state index in [-0.39, 0.29) is 5.76 Å². The maximum atomic E-state index is 10.8. The summed E-state index contributed by atoms with van der Waals surface area (Å²) in [6.07, 6.45) is 1.40. The lowest BCUT2D eigenvalue weighted by atomic mass is 10.3. The molecule has 0 saturated heterocycles. The van der Waals surface area contributed by atoms with Crippen LogP contribution < -0.4 is 0 Å². The van der Waals surface area contributed by atoms with E-state index in [1.807, 2.05) is 20.0 Å². The predicted octanol–water partition coefficient (Wildman–Crippen LogP) is 2.31. The van der Waals surface area contributed by atoms with Gasteiger partial charge in [-0.2, -0.15) is 5.10 Å². The number of aromatic carboxylic acids is 1. The van der Waals surface area contributed by atoms with Gasteiger partial charge < -0.3 is 9.52 Å². The van der Waals surface area contributed by atoms with Gasteiger partial charge in [-0.05, 0) is 19.1 Å². The standard InChI is InChI=1S/C11H12N2O3S/c1-7-5-9(13(2)12-7)17-6-8-3-4-16-10(8)11(14)15/h3-5H,6H2,1-2H3,(H,14,15). The molecule has 2 aromatic rings. The highest BCUT2D eigenvalue weighted by molar-refractivity contribution is 7.98. The molecule has 1 N–H and O–H groups in total. The summed E-state index contributed by atoms with van der Waals surface area (Å²) >= 11 is 1.53. The van der Waals surface area contributed by atoms with Crippen LogP contribution in [0.4, 0.5) is 0 Å². The summed E-state index contributed by atoms with van der Waals surface area (Å²) in [5, 5.41) is 14.1. The molecule has 0 aromatic carbocycles. The van der Waals surface area contributed by atoms with Crippen LogP contribution in [0.1, 0.15) is 21.8 Å². The summed E-state index contributed by atoms with van der Waals surface area (Å²) in [6, 6.07) is 3.64. The number of carboxylic acid groups (broad SMARTS) is 1. The van der Waals surface area contributed by atoms with E-state index < -0.39 is 5.97 Å². The van der Waals surface area contributed by atoms with Crippen LogP contribution in [0.25, 0.3) is 0 Å². The molecule has 0 aliphatic heterocycles. The minimum atomic E-state index is -1.04. The van der Waals surface area contributed by atoms with Crippen LogP contribution in [-0.4, -0.2) is 20.9 Å². The molecular weight excluding hydrogens is 240 g/mol. The van der Waals surface area contributed by atoms with Crippen LogP contribution in [0.3, 0.4) is 0 Å². The maximum absolute atomic E-state index is 10.8. The van der Waals surface area contributed by atoms with Gasteiger partial charge in [0.15, 0.2) is 0 Å². The minimum absolute atomic E-state index is 0.0105. The molecule has 6 heteroatoms. The lowest BCUT2D eigenvalue weighted by Crippen LogP contribution is -1.98. The first-order valence-corrected chi connectivity index (χ1v) is 5.99. The van der Waals surface area contributed by atoms with E-state index >= 15 is 0 Å². The molecule has 2 aromatic heterocycles. The Kier molecular flexibility index (Phi) is 3.23. The summed E-state index contributed by atoms with van der Waals surface area (Å²) < 4.78 is 6.69. The Labute approximate surface area is 102 Å². The summed E-state index contributed by atoms with van der Waals surface area (Å²) in [5.41, 5.74) is 1.63. The number of hydrogen-bond acceptors (Lipinski definition) is 4. The highest BCUT2D eigenvalue weighted by Crippen LogP contribution is 2.25. The maximum Gasteiger partial charge on any atom is 0.372 e. The minimum Gasteiger partial charge on any atom is -0.475 e. The number of aromatic nitrogens is 2. The Bertz CT molecular complexity index is 545. The van der Waals surface area contributed by atoms with Gasteiger partial charge in [-0.15, -0.1) is 11.8 Å². The predicted molar refractivity (Wildman–Crippen MR) is 63.2 cm³/mol. The molecule has 0 aliphatic rings. The molecule has 0 saturated carbocycles. The highest BCUT2D eigenvalue weighted by atomic mass is 32.2. The van der Waals surface area contributed by atoms with E-state index in [1.54, 1.807) is 10.7 Å². The Morgan fingerprint density at radius 3 is 3.00 bits per heavy atom. The molecule has 0 atom stereocenters. The Morgan fingerprint density at radius 2 is 2.41 bits per heavy atom. The Balaban J connectivity index is 2.10. The summed E-state index contributed by atoms with van der Waals surface area (Å²) in [5.74, 6) is -0.472. The summed E-state index contributed by atoms with van der Waals surface area (Å²) in [6.45, 7) is 1.92. The number of rotatable bonds is 4. The molecular formula is C11H12N2O3S. The van der Waals surface area contributed by atoms with Crippen molar-refractivity contribution in [1.29, 1.82) is 0 Å². The van der Waals surface area contributed by atoms with Crippen molar-refractivity contribution in [3.63, 3.8) is 0 Å². The number of carbonyl (C=O) groups is 1. The number of nitrogens with zero attached hydrogens (tertiary/aromatic N) is 2. The van der Waals surface area contributed by atoms with Crippen molar-refractivity contribution >= 4 is 17.7 Å². The van der Waals surface area contributed by atoms with Gasteiger partial charge in [-0.3, -0.25) is 4.68 Å². The fourth-order valence-electron chi connectivity index (χ4n) is 1.51. The molecule has 0 aliphatic carbocycles. The molecule has 0 radical (unpaired) electrons. The first-order chi connectivity index (χ1) is 8.08. The fraction of sp³-hybridized carbons (Fsp3) is 0.273. The van der Waals surface area contributed by atoms with Crippen molar-refractivity contribution in [2.75, 3.05) is 0 Å². The fourth-order valence-corrected chi connectivity index (χ4v) is 2.52. The van der Waals surface area contributed by atoms with Gasteiger partial charge in [-0.25, -0.2) is 4.79 Å². The number of aryl methyl sites for hydroxylation is 2. The van der Waals surface area contributed by atoms with Crippen molar-refractivity contribution in [2.45, 2.75) is 17.7 Å². The summed E-state index contributed by atoms with van der Waals surface area (Å²) in [4.78, 5) is 10.8. The number of carboxylic acids is 1. The average molecular weight is 252 g/mol. The van der Waals surface area contributed by atoms with E-state index in [9.17, 15) is 4.79 Å². The van der Waals surface area contributed by atoms with Crippen molar-refractivity contribution in [1.82, 2.24) is 9.78 Å². The lowest BCUT2D eigenvalue weighted by Gasteiger charge is -2.00. The largest absolute Gasteiger partial charge is 0.475 e. The van der Waals surface area contributed by atoms with Gasteiger partial charge in [0.05, 0.1) is 17.0 Å². The van der Waals surface area contributed by atoms with Gasteiger partial charge in [-0.1, -0.05) is 0 Å². The third-order valence-corrected chi connectivity index (χ3v) is 3.41. The smallest absolute Gasteiger partial charge is 0.372 e. The average Bonchev–Trinajstić information content (AvgIpc) is 2.82. The van der Waals surface area contributed by atoms with Crippen LogP contribution in [0.15, 0.2) is 27.8 Å². The zero-order valence-electron chi connectivity index (χ0n) is 9.51. The van der Waals surface area contributed by atoms with Crippen LogP contribution >= 0.6 is 11.8 Å². The first-order valence-electron chi connectivity index (χ1n) is 5.01. The Morgan fingerprint density at radius 1 is 1.65 bits per heavy atom. The number of thioether (sulfide) groups is 1. The van der Waals surface area contributed by atoms with E-state index in [0.29, 0.717) is 11.3 Å². The molecule has 5 nitrogen and oxygen atoms in total. The third kappa shape index (κ3) is 2.52. The van der Waals surface area contributed by atoms with E-state index in [2.05, 4.69) is 5.10 Å². The zero-order chi connectivity index (χ0) is 12.4. The quantitative estimate of drug-likeness (QED) is 0.846. The van der Waals surface area contributed by atoms with Crippen LogP contribution in [-0.2, 0) is 12.8 Å². The van der Waals surface area contributed by atoms with E-state index in [4.69, 9.17) is 9.52 Å². The molecule has 0 amide bonds. The van der Waals surface area contributed by atoms with Gasteiger partial charge in [0.1, 0.15) is 0 Å². The van der Waals surface area contributed by atoms with Gasteiger partial charge >= 0.3 is 5.97 Å². The molecule has 0 spiro atoms. The van der Waals surface area contributed by atoms with Crippen molar-refractivity contribution in [3.8, 4) is 0 Å². The third-order valence-electron chi connectivity index (χ3n) is 2.28. The molecule has 0 unspecified atom stereocenters. The first kappa shape index (κ1) is 11.8. The van der Waals surface area contributed by atoms with Crippen molar-refractivity contribution in [2.24, 2.45) is 7.05 Å². The van der Waals surface area contributed by atoms with Crippen LogP contribution in [0, 0.1) is 6.92 Å². The van der Waals surface area contributed by atoms with Crippen molar-refractivity contribution < 1.29 is 14.3 Å². The number of furan rings is 1. The lowest BCUT2D eigenvalue weighted by molar-refractivity contribution is 0.0661. The second kappa shape index (κ2) is 4.67. The molecule has 90 valence electrons. The Hall–Kier alpha value is -1.69. The molecule has 2 rings (SSSR count). The molecule has 17 heavy (non-hydrogen) atoms. The van der Waals surface area contributed by atoms with Gasteiger partial charge in [0, 0.05) is 18.4 Å². The molecule has 0 fully saturated rings. The van der Waals surface area contributed by atoms with Gasteiger partial charge in [0.2, 0.25) is 5.76 Å². The van der Waals surface area contributed by atoms with Crippen molar-refractivity contribution in [3.05, 3.63) is 35.4 Å². The van der Waals surface area contributed by atoms with Gasteiger partial charge in [0.25, 0.3) is 0 Å². The molecule has 0 bridgehead atoms. The topological polar surface area (TPSA) is 68.3 Å². The summed E-state index contributed by atoms with van der Waals surface area (Å²) in [7, 11) is 1.86. The van der Waals surface area contributed by atoms with Crippen LogP contribution in [0.5, 0.6) is 0 Å². The normalized spacial score (nSPS) is 10.7. The monoisotopic (exact) mass is 252 g/mol. The van der Waals surface area contributed by atoms with E-state index in [1.165, 1.54) is 18.0 Å². The SMILES string of the molecule is Cc1cc(SCc2ccoc2C(=O)O)n(C)n1. The second-order valence-electron chi connectivity index (χ2n) is 3.62. The second-order valence-corrected chi connectivity index (χ2v) is 4.61. The van der Waals surface area contributed by atoms with E-state index in [0.717, 1.165) is 10.7 Å². The number of hydrogen-bond donors (Lipinski definition) is 1. The molecule has 2 heterocycles. The van der Waals surface area contributed by atoms with Crippen LogP contribution in [0.2, 0.25) is 0 Å².